The number of hydrogen-bond acceptors (Lipinski definition) is 6. The quantitative estimate of drug-likeness (QED) is 0.538. The van der Waals surface area contributed by atoms with Crippen LogP contribution in [-0.4, -0.2) is 35.2 Å². The second-order valence-electron chi connectivity index (χ2n) is 6.56. The van der Waals surface area contributed by atoms with Crippen molar-refractivity contribution in [2.75, 3.05) is 31.2 Å². The Morgan fingerprint density at radius 2 is 1.82 bits per heavy atom. The lowest BCUT2D eigenvalue weighted by Gasteiger charge is -2.15. The van der Waals surface area contributed by atoms with Crippen LogP contribution in [0, 0.1) is 6.92 Å². The van der Waals surface area contributed by atoms with Gasteiger partial charge in [0.2, 0.25) is 11.9 Å². The average molecular weight is 400 g/mol. The molecule has 3 aromatic rings. The monoisotopic (exact) mass is 399 g/mol. The van der Waals surface area contributed by atoms with Gasteiger partial charge in [-0.1, -0.05) is 29.8 Å². The van der Waals surface area contributed by atoms with Gasteiger partial charge in [-0.2, -0.15) is 15.0 Å². The van der Waals surface area contributed by atoms with Gasteiger partial charge in [0.15, 0.2) is 5.82 Å². The lowest BCUT2D eigenvalue weighted by Crippen LogP contribution is -3.08. The predicted octanol–water partition coefficient (Wildman–Crippen LogP) is 2.25. The molecule has 1 unspecified atom stereocenters. The molecule has 0 aliphatic heterocycles. The molecule has 1 heterocycles. The normalized spacial score (nSPS) is 11.8. The number of ether oxygens (including phenoxy) is 1. The smallest absolute Gasteiger partial charge is 0.232 e. The van der Waals surface area contributed by atoms with Crippen molar-refractivity contribution in [1.29, 1.82) is 0 Å². The van der Waals surface area contributed by atoms with E-state index in [0.29, 0.717) is 29.9 Å². The maximum absolute atomic E-state index is 5.88. The van der Waals surface area contributed by atoms with Gasteiger partial charge >= 0.3 is 0 Å². The summed E-state index contributed by atoms with van der Waals surface area (Å²) in [5.41, 5.74) is 7.91. The predicted molar refractivity (Wildman–Crippen MR) is 111 cm³/mol. The molecule has 4 N–H and O–H groups in total. The number of para-hydroxylation sites is 1. The molecule has 0 saturated heterocycles. The van der Waals surface area contributed by atoms with Crippen LogP contribution >= 0.6 is 11.6 Å². The molecule has 1 aromatic heterocycles. The number of quaternary nitrogens is 1. The van der Waals surface area contributed by atoms with Crippen LogP contribution in [0.15, 0.2) is 48.5 Å². The van der Waals surface area contributed by atoms with E-state index < -0.39 is 0 Å². The van der Waals surface area contributed by atoms with Gasteiger partial charge in [0.05, 0.1) is 7.05 Å². The van der Waals surface area contributed by atoms with Crippen LogP contribution < -0.4 is 20.7 Å². The minimum atomic E-state index is 0.200. The topological polar surface area (TPSA) is 90.4 Å². The van der Waals surface area contributed by atoms with E-state index in [1.807, 2.05) is 55.5 Å². The number of anilines is 3. The van der Waals surface area contributed by atoms with Crippen LogP contribution in [0.4, 0.5) is 17.6 Å². The van der Waals surface area contributed by atoms with Crippen LogP contribution in [0.2, 0.25) is 5.02 Å². The third-order valence-electron chi connectivity index (χ3n) is 4.16. The molecule has 0 radical (unpaired) electrons. The first-order chi connectivity index (χ1) is 13.5. The van der Waals surface area contributed by atoms with Gasteiger partial charge in [-0.05, 0) is 42.8 Å². The number of benzene rings is 2. The Balaban J connectivity index is 1.56. The second kappa shape index (κ2) is 9.34. The summed E-state index contributed by atoms with van der Waals surface area (Å²) in [7, 11) is 2.06. The third-order valence-corrected chi connectivity index (χ3v) is 4.41. The fraction of sp³-hybridized carbons (Fsp3) is 0.250. The molecular formula is C20H24ClN6O+. The molecule has 0 spiro atoms. The summed E-state index contributed by atoms with van der Waals surface area (Å²) in [6, 6.07) is 15.3. The van der Waals surface area contributed by atoms with Crippen LogP contribution in [-0.2, 0) is 6.54 Å². The molecule has 0 amide bonds. The zero-order valence-corrected chi connectivity index (χ0v) is 16.7. The zero-order valence-electron chi connectivity index (χ0n) is 15.9. The molecule has 7 nitrogen and oxygen atoms in total. The molecular weight excluding hydrogens is 376 g/mol. The summed E-state index contributed by atoms with van der Waals surface area (Å²) >= 11 is 5.88. The SMILES string of the molecule is Cc1ccccc1Nc1nc(N)nc(C[NH+](C)CCOc2ccc(Cl)cc2)n1. The summed E-state index contributed by atoms with van der Waals surface area (Å²) in [6.07, 6.45) is 0. The van der Waals surface area contributed by atoms with E-state index in [9.17, 15) is 0 Å². The zero-order chi connectivity index (χ0) is 19.9. The van der Waals surface area contributed by atoms with Crippen LogP contribution in [0.25, 0.3) is 0 Å². The fourth-order valence-corrected chi connectivity index (χ4v) is 2.76. The largest absolute Gasteiger partial charge is 0.488 e. The van der Waals surface area contributed by atoms with E-state index in [0.717, 1.165) is 23.5 Å². The molecule has 2 aromatic carbocycles. The summed E-state index contributed by atoms with van der Waals surface area (Å²) in [5, 5.41) is 3.90. The first-order valence-electron chi connectivity index (χ1n) is 9.02. The highest BCUT2D eigenvalue weighted by molar-refractivity contribution is 6.30. The Morgan fingerprint density at radius 1 is 1.07 bits per heavy atom. The third kappa shape index (κ3) is 5.80. The fourth-order valence-electron chi connectivity index (χ4n) is 2.64. The Morgan fingerprint density at radius 3 is 2.57 bits per heavy atom. The molecule has 0 aliphatic rings. The van der Waals surface area contributed by atoms with Gasteiger partial charge in [-0.15, -0.1) is 0 Å². The van der Waals surface area contributed by atoms with Crippen molar-refractivity contribution in [3.05, 3.63) is 64.9 Å². The van der Waals surface area contributed by atoms with Crippen LogP contribution in [0.1, 0.15) is 11.4 Å². The van der Waals surface area contributed by atoms with Crippen molar-refractivity contribution in [3.63, 3.8) is 0 Å². The Kier molecular flexibility index (Phi) is 6.62. The average Bonchev–Trinajstić information content (AvgIpc) is 2.65. The molecule has 1 atom stereocenters. The number of likely N-dealkylation sites (N-methyl/N-ethyl adjacent to an activating group) is 1. The Labute approximate surface area is 169 Å². The van der Waals surface area contributed by atoms with Gasteiger partial charge in [0, 0.05) is 10.7 Å². The molecule has 0 bridgehead atoms. The lowest BCUT2D eigenvalue weighted by molar-refractivity contribution is -0.894. The van der Waals surface area contributed by atoms with Crippen molar-refractivity contribution >= 4 is 29.2 Å². The minimum Gasteiger partial charge on any atom is -0.488 e. The van der Waals surface area contributed by atoms with E-state index in [4.69, 9.17) is 22.1 Å². The number of rotatable bonds is 8. The molecule has 8 heteroatoms. The molecule has 0 fully saturated rings. The van der Waals surface area contributed by atoms with Crippen molar-refractivity contribution in [1.82, 2.24) is 15.0 Å². The van der Waals surface area contributed by atoms with E-state index in [-0.39, 0.29) is 5.95 Å². The van der Waals surface area contributed by atoms with Crippen molar-refractivity contribution in [2.24, 2.45) is 0 Å². The number of nitrogen functional groups attached to an aromatic ring is 1. The summed E-state index contributed by atoms with van der Waals surface area (Å²) in [6.45, 7) is 3.99. The van der Waals surface area contributed by atoms with E-state index in [1.54, 1.807) is 0 Å². The van der Waals surface area contributed by atoms with Crippen LogP contribution in [0.5, 0.6) is 5.75 Å². The lowest BCUT2D eigenvalue weighted by atomic mass is 10.2. The number of hydrogen-bond donors (Lipinski definition) is 3. The van der Waals surface area contributed by atoms with Gasteiger partial charge in [-0.25, -0.2) is 0 Å². The highest BCUT2D eigenvalue weighted by Gasteiger charge is 2.11. The van der Waals surface area contributed by atoms with Gasteiger partial charge in [-0.3, -0.25) is 0 Å². The Bertz CT molecular complexity index is 919. The first-order valence-corrected chi connectivity index (χ1v) is 9.40. The molecule has 0 aliphatic carbocycles. The molecule has 146 valence electrons. The molecule has 28 heavy (non-hydrogen) atoms. The molecule has 0 saturated carbocycles. The molecule has 3 rings (SSSR count). The summed E-state index contributed by atoms with van der Waals surface area (Å²) < 4.78 is 5.74. The summed E-state index contributed by atoms with van der Waals surface area (Å²) in [5.74, 6) is 2.08. The van der Waals surface area contributed by atoms with Gasteiger partial charge < -0.3 is 20.7 Å². The van der Waals surface area contributed by atoms with Gasteiger partial charge in [0.1, 0.15) is 25.4 Å². The number of aromatic nitrogens is 3. The minimum absolute atomic E-state index is 0.200. The van der Waals surface area contributed by atoms with E-state index in [1.165, 1.54) is 4.90 Å². The highest BCUT2D eigenvalue weighted by Crippen LogP contribution is 2.17. The number of nitrogens with zero attached hydrogens (tertiary/aromatic N) is 3. The number of nitrogens with one attached hydrogen (secondary N) is 2. The highest BCUT2D eigenvalue weighted by atomic mass is 35.5. The second-order valence-corrected chi connectivity index (χ2v) is 7.00. The maximum Gasteiger partial charge on any atom is 0.232 e. The van der Waals surface area contributed by atoms with Crippen molar-refractivity contribution in [2.45, 2.75) is 13.5 Å². The number of aryl methyl sites for hydroxylation is 1. The summed E-state index contributed by atoms with van der Waals surface area (Å²) in [4.78, 5) is 14.1. The first kappa shape index (κ1) is 19.9. The number of nitrogens with two attached hydrogens (primary N) is 1. The van der Waals surface area contributed by atoms with Crippen LogP contribution in [0.3, 0.4) is 0 Å². The van der Waals surface area contributed by atoms with Crippen molar-refractivity contribution < 1.29 is 9.64 Å². The maximum atomic E-state index is 5.88. The van der Waals surface area contributed by atoms with E-state index >= 15 is 0 Å². The van der Waals surface area contributed by atoms with E-state index in [2.05, 4.69) is 27.3 Å². The standard InChI is InChI=1S/C20H23ClN6O/c1-14-5-3-4-6-17(14)23-20-25-18(24-19(22)26-20)13-27(2)11-12-28-16-9-7-15(21)8-10-16/h3-10H,11-13H2,1-2H3,(H3,22,23,24,25,26)/p+1. The Hall–Kier alpha value is -2.90. The van der Waals surface area contributed by atoms with Crippen molar-refractivity contribution in [3.8, 4) is 5.75 Å². The van der Waals surface area contributed by atoms with Gasteiger partial charge in [0.25, 0.3) is 0 Å². The number of halogens is 1.